The zero-order valence-electron chi connectivity index (χ0n) is 19.1. The highest BCUT2D eigenvalue weighted by molar-refractivity contribution is 5.80. The second kappa shape index (κ2) is 9.59. The summed E-state index contributed by atoms with van der Waals surface area (Å²) in [5.41, 5.74) is 8.52. The SMILES string of the molecule is COc1ccc([C@@H]2CC(=O)N(Cc3cc(OC)c(N)c(OC)c3)C2)cc1OC1CCCC1. The summed E-state index contributed by atoms with van der Waals surface area (Å²) >= 11 is 0. The number of benzene rings is 2. The Bertz CT molecular complexity index is 946. The molecule has 2 aromatic rings. The molecule has 2 aliphatic rings. The Kier molecular flexibility index (Phi) is 6.63. The van der Waals surface area contributed by atoms with Crippen LogP contribution in [0, 0.1) is 0 Å². The molecule has 7 nitrogen and oxygen atoms in total. The number of nitrogens with zero attached hydrogens (tertiary/aromatic N) is 1. The molecule has 0 unspecified atom stereocenters. The van der Waals surface area contributed by atoms with E-state index in [1.54, 1.807) is 21.3 Å². The third-order valence-electron chi connectivity index (χ3n) is 6.45. The van der Waals surface area contributed by atoms with Gasteiger partial charge < -0.3 is 29.6 Å². The van der Waals surface area contributed by atoms with Crippen LogP contribution in [0.15, 0.2) is 30.3 Å². The van der Waals surface area contributed by atoms with E-state index in [-0.39, 0.29) is 17.9 Å². The summed E-state index contributed by atoms with van der Waals surface area (Å²) in [5.74, 6) is 2.84. The maximum atomic E-state index is 12.8. The first-order valence-electron chi connectivity index (χ1n) is 11.1. The van der Waals surface area contributed by atoms with Crippen molar-refractivity contribution in [1.29, 1.82) is 0 Å². The van der Waals surface area contributed by atoms with Crippen LogP contribution in [0.4, 0.5) is 5.69 Å². The van der Waals surface area contributed by atoms with Crippen LogP contribution >= 0.6 is 0 Å². The van der Waals surface area contributed by atoms with E-state index >= 15 is 0 Å². The van der Waals surface area contributed by atoms with Crippen LogP contribution in [0.25, 0.3) is 0 Å². The molecule has 1 aliphatic heterocycles. The highest BCUT2D eigenvalue weighted by Gasteiger charge is 2.32. The van der Waals surface area contributed by atoms with E-state index in [2.05, 4.69) is 0 Å². The Morgan fingerprint density at radius 1 is 0.938 bits per heavy atom. The summed E-state index contributed by atoms with van der Waals surface area (Å²) in [6.07, 6.45) is 5.29. The van der Waals surface area contributed by atoms with Gasteiger partial charge in [-0.2, -0.15) is 0 Å². The molecule has 7 heteroatoms. The van der Waals surface area contributed by atoms with Crippen molar-refractivity contribution in [2.24, 2.45) is 0 Å². The molecule has 0 radical (unpaired) electrons. The van der Waals surface area contributed by atoms with Gasteiger partial charge in [0, 0.05) is 25.4 Å². The van der Waals surface area contributed by atoms with Crippen molar-refractivity contribution in [3.05, 3.63) is 41.5 Å². The number of likely N-dealkylation sites (tertiary alicyclic amines) is 1. The van der Waals surface area contributed by atoms with Crippen LogP contribution in [0.3, 0.4) is 0 Å². The topological polar surface area (TPSA) is 83.2 Å². The Morgan fingerprint density at radius 3 is 2.22 bits per heavy atom. The molecule has 1 amide bonds. The maximum Gasteiger partial charge on any atom is 0.223 e. The second-order valence-electron chi connectivity index (χ2n) is 8.52. The van der Waals surface area contributed by atoms with Gasteiger partial charge in [-0.05, 0) is 61.1 Å². The van der Waals surface area contributed by atoms with E-state index in [0.717, 1.165) is 35.5 Å². The van der Waals surface area contributed by atoms with Gasteiger partial charge in [-0.3, -0.25) is 4.79 Å². The molecule has 4 rings (SSSR count). The lowest BCUT2D eigenvalue weighted by Crippen LogP contribution is -2.24. The average molecular weight is 441 g/mol. The normalized spacial score (nSPS) is 18.8. The van der Waals surface area contributed by atoms with Crippen molar-refractivity contribution in [3.8, 4) is 23.0 Å². The van der Waals surface area contributed by atoms with Crippen LogP contribution in [0.2, 0.25) is 0 Å². The van der Waals surface area contributed by atoms with Gasteiger partial charge in [-0.25, -0.2) is 0 Å². The predicted molar refractivity (Wildman–Crippen MR) is 123 cm³/mol. The number of carbonyl (C=O) groups is 1. The van der Waals surface area contributed by atoms with Crippen LogP contribution in [-0.4, -0.2) is 44.8 Å². The number of nitrogens with two attached hydrogens (primary N) is 1. The largest absolute Gasteiger partial charge is 0.494 e. The molecule has 0 aromatic heterocycles. The van der Waals surface area contributed by atoms with Crippen molar-refractivity contribution >= 4 is 11.6 Å². The fraction of sp³-hybridized carbons (Fsp3) is 0.480. The monoisotopic (exact) mass is 440 g/mol. The molecule has 2 fully saturated rings. The van der Waals surface area contributed by atoms with Gasteiger partial charge in [-0.1, -0.05) is 6.07 Å². The summed E-state index contributed by atoms with van der Waals surface area (Å²) in [7, 11) is 4.80. The Morgan fingerprint density at radius 2 is 1.59 bits per heavy atom. The lowest BCUT2D eigenvalue weighted by atomic mass is 9.98. The summed E-state index contributed by atoms with van der Waals surface area (Å²) in [6, 6.07) is 9.76. The van der Waals surface area contributed by atoms with E-state index in [1.165, 1.54) is 12.8 Å². The fourth-order valence-electron chi connectivity index (χ4n) is 4.68. The molecule has 32 heavy (non-hydrogen) atoms. The molecule has 172 valence electrons. The maximum absolute atomic E-state index is 12.8. The van der Waals surface area contributed by atoms with Crippen LogP contribution in [0.1, 0.15) is 49.1 Å². The van der Waals surface area contributed by atoms with Crippen molar-refractivity contribution < 1.29 is 23.7 Å². The molecule has 1 atom stereocenters. The van der Waals surface area contributed by atoms with E-state index in [9.17, 15) is 4.79 Å². The molecule has 1 aliphatic carbocycles. The third-order valence-corrected chi connectivity index (χ3v) is 6.45. The number of ether oxygens (including phenoxy) is 4. The van der Waals surface area contributed by atoms with Crippen molar-refractivity contribution in [2.45, 2.75) is 50.7 Å². The van der Waals surface area contributed by atoms with Crippen LogP contribution < -0.4 is 24.7 Å². The number of rotatable bonds is 8. The van der Waals surface area contributed by atoms with Gasteiger partial charge in [-0.15, -0.1) is 0 Å². The Labute approximate surface area is 189 Å². The first-order chi connectivity index (χ1) is 15.5. The average Bonchev–Trinajstić information content (AvgIpc) is 3.44. The molecule has 1 saturated heterocycles. The number of anilines is 1. The number of carbonyl (C=O) groups excluding carboxylic acids is 1. The molecule has 2 aromatic carbocycles. The molecular weight excluding hydrogens is 408 g/mol. The van der Waals surface area contributed by atoms with Gasteiger partial charge in [0.2, 0.25) is 5.91 Å². The van der Waals surface area contributed by atoms with E-state index < -0.39 is 0 Å². The van der Waals surface area contributed by atoms with Gasteiger partial charge >= 0.3 is 0 Å². The zero-order valence-corrected chi connectivity index (χ0v) is 19.1. The highest BCUT2D eigenvalue weighted by atomic mass is 16.5. The third kappa shape index (κ3) is 4.56. The number of nitrogen functional groups attached to an aromatic ring is 1. The number of methoxy groups -OCH3 is 3. The predicted octanol–water partition coefficient (Wildman–Crippen LogP) is 4.13. The molecule has 1 heterocycles. The highest BCUT2D eigenvalue weighted by Crippen LogP contribution is 2.38. The minimum absolute atomic E-state index is 0.108. The summed E-state index contributed by atoms with van der Waals surface area (Å²) in [5, 5.41) is 0. The summed E-state index contributed by atoms with van der Waals surface area (Å²) in [4.78, 5) is 14.7. The minimum atomic E-state index is 0.108. The second-order valence-corrected chi connectivity index (χ2v) is 8.52. The van der Waals surface area contributed by atoms with Gasteiger partial charge in [0.05, 0.1) is 27.4 Å². The number of hydrogen-bond donors (Lipinski definition) is 1. The van der Waals surface area contributed by atoms with Crippen LogP contribution in [-0.2, 0) is 11.3 Å². The quantitative estimate of drug-likeness (QED) is 0.622. The number of hydrogen-bond acceptors (Lipinski definition) is 6. The molecule has 2 N–H and O–H groups in total. The smallest absolute Gasteiger partial charge is 0.223 e. The molecule has 1 saturated carbocycles. The Hall–Kier alpha value is -3.09. The van der Waals surface area contributed by atoms with Gasteiger partial charge in [0.15, 0.2) is 11.5 Å². The van der Waals surface area contributed by atoms with E-state index in [0.29, 0.717) is 36.7 Å². The lowest BCUT2D eigenvalue weighted by molar-refractivity contribution is -0.128. The number of amides is 1. The van der Waals surface area contributed by atoms with Crippen molar-refractivity contribution in [2.75, 3.05) is 33.6 Å². The van der Waals surface area contributed by atoms with E-state index in [1.807, 2.05) is 35.2 Å². The zero-order chi connectivity index (χ0) is 22.7. The molecule has 0 spiro atoms. The summed E-state index contributed by atoms with van der Waals surface area (Å²) < 4.78 is 22.5. The standard InChI is InChI=1S/C25H32N2O5/c1-29-20-9-8-17(12-21(20)32-19-6-4-5-7-19)18-13-24(28)27(15-18)14-16-10-22(30-2)25(26)23(11-16)31-3/h8-12,18-19H,4-7,13-15,26H2,1-3H3/t18-/m1/s1. The van der Waals surface area contributed by atoms with Crippen LogP contribution in [0.5, 0.6) is 23.0 Å². The van der Waals surface area contributed by atoms with Gasteiger partial charge in [0.25, 0.3) is 0 Å². The molecule has 0 bridgehead atoms. The Balaban J connectivity index is 1.50. The first-order valence-corrected chi connectivity index (χ1v) is 11.1. The van der Waals surface area contributed by atoms with Crippen molar-refractivity contribution in [1.82, 2.24) is 4.90 Å². The molecular formula is C25H32N2O5. The summed E-state index contributed by atoms with van der Waals surface area (Å²) in [6.45, 7) is 1.12. The lowest BCUT2D eigenvalue weighted by Gasteiger charge is -2.20. The first kappa shape index (κ1) is 22.1. The minimum Gasteiger partial charge on any atom is -0.494 e. The van der Waals surface area contributed by atoms with Crippen molar-refractivity contribution in [3.63, 3.8) is 0 Å². The van der Waals surface area contributed by atoms with E-state index in [4.69, 9.17) is 24.7 Å². The van der Waals surface area contributed by atoms with Gasteiger partial charge in [0.1, 0.15) is 17.2 Å². The fourth-order valence-corrected chi connectivity index (χ4v) is 4.68.